The molecular formula is C25H21NO4. The van der Waals surface area contributed by atoms with E-state index in [0.29, 0.717) is 23.7 Å². The van der Waals surface area contributed by atoms with Gasteiger partial charge in [0.25, 0.3) is 0 Å². The Bertz CT molecular complexity index is 1210. The first-order chi connectivity index (χ1) is 14.5. The molecule has 0 aliphatic carbocycles. The van der Waals surface area contributed by atoms with Crippen molar-refractivity contribution in [2.75, 3.05) is 13.7 Å². The molecule has 30 heavy (non-hydrogen) atoms. The zero-order valence-corrected chi connectivity index (χ0v) is 16.8. The SMILES string of the molecule is C=C(C)COc1c(/C=C2\N=C(c3ccc4ccccc4c3)OC2=O)cccc1OC. The molecule has 0 saturated heterocycles. The van der Waals surface area contributed by atoms with Crippen LogP contribution >= 0.6 is 0 Å². The average Bonchev–Trinajstić information content (AvgIpc) is 3.12. The van der Waals surface area contributed by atoms with Crippen LogP contribution in [-0.2, 0) is 9.53 Å². The molecule has 0 saturated carbocycles. The van der Waals surface area contributed by atoms with E-state index in [4.69, 9.17) is 14.2 Å². The van der Waals surface area contributed by atoms with Crippen molar-refractivity contribution in [3.63, 3.8) is 0 Å². The van der Waals surface area contributed by atoms with Crippen LogP contribution in [0.25, 0.3) is 16.8 Å². The van der Waals surface area contributed by atoms with Crippen molar-refractivity contribution >= 4 is 28.7 Å². The highest BCUT2D eigenvalue weighted by Crippen LogP contribution is 2.34. The van der Waals surface area contributed by atoms with Crippen LogP contribution < -0.4 is 9.47 Å². The fraction of sp³-hybridized carbons (Fsp3) is 0.120. The maximum atomic E-state index is 12.5. The second kappa shape index (κ2) is 8.25. The van der Waals surface area contributed by atoms with Gasteiger partial charge in [-0.25, -0.2) is 9.79 Å². The highest BCUT2D eigenvalue weighted by Gasteiger charge is 2.25. The lowest BCUT2D eigenvalue weighted by Crippen LogP contribution is -2.05. The fourth-order valence-electron chi connectivity index (χ4n) is 3.16. The van der Waals surface area contributed by atoms with Crippen molar-refractivity contribution in [1.82, 2.24) is 0 Å². The summed E-state index contributed by atoms with van der Waals surface area (Å²) < 4.78 is 16.7. The number of hydrogen-bond donors (Lipinski definition) is 0. The summed E-state index contributed by atoms with van der Waals surface area (Å²) in [6.07, 6.45) is 1.65. The number of carbonyl (C=O) groups is 1. The van der Waals surface area contributed by atoms with Crippen LogP contribution in [0, 0.1) is 0 Å². The van der Waals surface area contributed by atoms with Crippen LogP contribution in [0.4, 0.5) is 0 Å². The Morgan fingerprint density at radius 1 is 1.10 bits per heavy atom. The Morgan fingerprint density at radius 3 is 2.67 bits per heavy atom. The molecule has 0 bridgehead atoms. The summed E-state index contributed by atoms with van der Waals surface area (Å²) in [6, 6.07) is 19.3. The number of ether oxygens (including phenoxy) is 3. The number of aliphatic imine (C=N–C) groups is 1. The van der Waals surface area contributed by atoms with E-state index < -0.39 is 5.97 Å². The molecule has 0 spiro atoms. The van der Waals surface area contributed by atoms with E-state index in [0.717, 1.165) is 21.9 Å². The van der Waals surface area contributed by atoms with E-state index in [-0.39, 0.29) is 11.6 Å². The van der Waals surface area contributed by atoms with Gasteiger partial charge in [0.05, 0.1) is 7.11 Å². The molecule has 0 radical (unpaired) electrons. The van der Waals surface area contributed by atoms with E-state index in [2.05, 4.69) is 11.6 Å². The third kappa shape index (κ3) is 3.96. The molecule has 3 aromatic carbocycles. The van der Waals surface area contributed by atoms with Crippen molar-refractivity contribution < 1.29 is 19.0 Å². The van der Waals surface area contributed by atoms with Crippen LogP contribution in [0.3, 0.4) is 0 Å². The lowest BCUT2D eigenvalue weighted by atomic mass is 10.1. The quantitative estimate of drug-likeness (QED) is 0.327. The Hall–Kier alpha value is -3.86. The number of cyclic esters (lactones) is 1. The zero-order chi connectivity index (χ0) is 21.1. The molecule has 3 aromatic rings. The van der Waals surface area contributed by atoms with Crippen molar-refractivity contribution in [3.8, 4) is 11.5 Å². The van der Waals surface area contributed by atoms with E-state index in [1.807, 2.05) is 61.5 Å². The highest BCUT2D eigenvalue weighted by atomic mass is 16.6. The number of rotatable bonds is 6. The van der Waals surface area contributed by atoms with Gasteiger partial charge < -0.3 is 14.2 Å². The largest absolute Gasteiger partial charge is 0.493 e. The predicted octanol–water partition coefficient (Wildman–Crippen LogP) is 5.15. The van der Waals surface area contributed by atoms with E-state index in [1.54, 1.807) is 19.3 Å². The van der Waals surface area contributed by atoms with Gasteiger partial charge in [-0.15, -0.1) is 0 Å². The minimum Gasteiger partial charge on any atom is -0.493 e. The molecular weight excluding hydrogens is 378 g/mol. The number of methoxy groups -OCH3 is 1. The first-order valence-electron chi connectivity index (χ1n) is 9.51. The summed E-state index contributed by atoms with van der Waals surface area (Å²) in [7, 11) is 1.57. The maximum absolute atomic E-state index is 12.5. The number of benzene rings is 3. The maximum Gasteiger partial charge on any atom is 0.363 e. The minimum atomic E-state index is -0.508. The van der Waals surface area contributed by atoms with Gasteiger partial charge in [0, 0.05) is 11.1 Å². The van der Waals surface area contributed by atoms with Gasteiger partial charge in [0.2, 0.25) is 5.90 Å². The average molecular weight is 399 g/mol. The molecule has 5 nitrogen and oxygen atoms in total. The summed E-state index contributed by atoms with van der Waals surface area (Å²) in [4.78, 5) is 16.9. The van der Waals surface area contributed by atoms with Crippen LogP contribution in [0.15, 0.2) is 83.5 Å². The number of fused-ring (bicyclic) bond motifs is 1. The summed E-state index contributed by atoms with van der Waals surface area (Å²) in [5.74, 6) is 0.865. The van der Waals surface area contributed by atoms with E-state index >= 15 is 0 Å². The monoisotopic (exact) mass is 399 g/mol. The standard InChI is InChI=1S/C25H21NO4/c1-16(2)15-29-23-19(9-6-10-22(23)28-3)14-21-25(27)30-24(26-21)20-12-11-17-7-4-5-8-18(17)13-20/h4-14H,1,15H2,2-3H3/b21-14-. The van der Waals surface area contributed by atoms with E-state index in [1.165, 1.54) is 0 Å². The normalized spacial score (nSPS) is 14.5. The van der Waals surface area contributed by atoms with Crippen LogP contribution in [0.1, 0.15) is 18.1 Å². The summed E-state index contributed by atoms with van der Waals surface area (Å²) in [5.41, 5.74) is 2.49. The Labute approximate surface area is 174 Å². The van der Waals surface area contributed by atoms with Gasteiger partial charge in [0.1, 0.15) is 6.61 Å². The van der Waals surface area contributed by atoms with Crippen molar-refractivity contribution in [1.29, 1.82) is 0 Å². The van der Waals surface area contributed by atoms with Gasteiger partial charge >= 0.3 is 5.97 Å². The molecule has 1 aliphatic rings. The molecule has 0 fully saturated rings. The van der Waals surface area contributed by atoms with Crippen LogP contribution in [0.2, 0.25) is 0 Å². The topological polar surface area (TPSA) is 57.1 Å². The molecule has 0 unspecified atom stereocenters. The van der Waals surface area contributed by atoms with Crippen molar-refractivity contribution in [2.24, 2.45) is 4.99 Å². The lowest BCUT2D eigenvalue weighted by molar-refractivity contribution is -0.129. The molecule has 0 atom stereocenters. The molecule has 5 heteroatoms. The summed E-state index contributed by atoms with van der Waals surface area (Å²) in [6.45, 7) is 6.08. The van der Waals surface area contributed by atoms with Crippen LogP contribution in [-0.4, -0.2) is 25.6 Å². The molecule has 1 heterocycles. The van der Waals surface area contributed by atoms with Crippen LogP contribution in [0.5, 0.6) is 11.5 Å². The molecule has 0 amide bonds. The molecule has 150 valence electrons. The van der Waals surface area contributed by atoms with Crippen molar-refractivity contribution in [3.05, 3.63) is 89.6 Å². The van der Waals surface area contributed by atoms with Gasteiger partial charge in [-0.05, 0) is 47.5 Å². The summed E-state index contributed by atoms with van der Waals surface area (Å²) >= 11 is 0. The third-order valence-electron chi connectivity index (χ3n) is 4.60. The van der Waals surface area contributed by atoms with E-state index in [9.17, 15) is 4.79 Å². The first-order valence-corrected chi connectivity index (χ1v) is 9.51. The molecule has 4 rings (SSSR count). The first kappa shape index (κ1) is 19.5. The second-order valence-electron chi connectivity index (χ2n) is 7.02. The molecule has 1 aliphatic heterocycles. The highest BCUT2D eigenvalue weighted by molar-refractivity contribution is 6.13. The number of esters is 1. The number of para-hydroxylation sites is 1. The minimum absolute atomic E-state index is 0.201. The third-order valence-corrected chi connectivity index (χ3v) is 4.60. The zero-order valence-electron chi connectivity index (χ0n) is 16.8. The van der Waals surface area contributed by atoms with Gasteiger partial charge in [-0.3, -0.25) is 0 Å². The lowest BCUT2D eigenvalue weighted by Gasteiger charge is -2.13. The molecule has 0 aromatic heterocycles. The second-order valence-corrected chi connectivity index (χ2v) is 7.02. The summed E-state index contributed by atoms with van der Waals surface area (Å²) in [5, 5.41) is 2.16. The fourth-order valence-corrected chi connectivity index (χ4v) is 3.16. The Morgan fingerprint density at radius 2 is 1.90 bits per heavy atom. The number of hydrogen-bond acceptors (Lipinski definition) is 5. The van der Waals surface area contributed by atoms with Gasteiger partial charge in [0.15, 0.2) is 17.2 Å². The Kier molecular flexibility index (Phi) is 5.35. The predicted molar refractivity (Wildman–Crippen MR) is 118 cm³/mol. The smallest absolute Gasteiger partial charge is 0.363 e. The number of carbonyl (C=O) groups excluding carboxylic acids is 1. The molecule has 0 N–H and O–H groups in total. The van der Waals surface area contributed by atoms with Gasteiger partial charge in [-0.2, -0.15) is 0 Å². The van der Waals surface area contributed by atoms with Crippen molar-refractivity contribution in [2.45, 2.75) is 6.92 Å². The van der Waals surface area contributed by atoms with Gasteiger partial charge in [-0.1, -0.05) is 49.0 Å². The number of nitrogens with zero attached hydrogens (tertiary/aromatic N) is 1. The Balaban J connectivity index is 1.70.